The zero-order chi connectivity index (χ0) is 10.7. The normalized spacial score (nSPS) is 20.1. The Labute approximate surface area is 89.1 Å². The molecule has 0 spiro atoms. The van der Waals surface area contributed by atoms with Crippen LogP contribution in [0.1, 0.15) is 12.8 Å². The Bertz CT molecular complexity index is 348. The lowest BCUT2D eigenvalue weighted by Gasteiger charge is -2.09. The van der Waals surface area contributed by atoms with Crippen molar-refractivity contribution in [1.82, 2.24) is 15.3 Å². The predicted octanol–water partition coefficient (Wildman–Crippen LogP) is -1.04. The minimum atomic E-state index is -0.119. The second-order valence-corrected chi connectivity index (χ2v) is 3.48. The van der Waals surface area contributed by atoms with Crippen LogP contribution in [0, 0.1) is 0 Å². The van der Waals surface area contributed by atoms with Gasteiger partial charge in [-0.15, -0.1) is 0 Å². The van der Waals surface area contributed by atoms with Crippen LogP contribution in [-0.4, -0.2) is 36.3 Å². The number of hydrogen-bond donors (Lipinski definition) is 2. The van der Waals surface area contributed by atoms with Gasteiger partial charge in [-0.3, -0.25) is 10.1 Å². The van der Waals surface area contributed by atoms with Crippen LogP contribution in [0.5, 0.6) is 0 Å². The highest BCUT2D eigenvalue weighted by Crippen LogP contribution is 2.06. The maximum Gasteiger partial charge on any atom is 0.243 e. The van der Waals surface area contributed by atoms with E-state index < -0.39 is 0 Å². The van der Waals surface area contributed by atoms with Crippen molar-refractivity contribution in [1.29, 1.82) is 0 Å². The highest BCUT2D eigenvalue weighted by Gasteiger charge is 2.22. The van der Waals surface area contributed by atoms with Crippen LogP contribution >= 0.6 is 0 Å². The summed E-state index contributed by atoms with van der Waals surface area (Å²) in [5.41, 5.74) is 0.479. The quantitative estimate of drug-likeness (QED) is 0.601. The second-order valence-electron chi connectivity index (χ2n) is 3.48. The molecule has 0 unspecified atom stereocenters. The van der Waals surface area contributed by atoms with Gasteiger partial charge in [-0.2, -0.15) is 0 Å². The molecule has 1 aliphatic heterocycles. The molecule has 1 aromatic heterocycles. The van der Waals surface area contributed by atoms with E-state index in [0.29, 0.717) is 11.4 Å². The standard InChI is InChI=1S/C9H11BN4O/c10-6-4-12-9(13-5-6)14-8(15)7-2-1-3-11-7/h4-5,7,11H,1-3H2,(H,12,13,14,15)/t7-/m0/s1. The van der Waals surface area contributed by atoms with E-state index in [1.165, 1.54) is 12.4 Å². The molecule has 0 saturated carbocycles. The van der Waals surface area contributed by atoms with Crippen molar-refractivity contribution in [2.75, 3.05) is 11.9 Å². The van der Waals surface area contributed by atoms with Crippen LogP contribution in [0.3, 0.4) is 0 Å². The Kier molecular flexibility index (Phi) is 2.96. The van der Waals surface area contributed by atoms with Crippen molar-refractivity contribution in [2.24, 2.45) is 0 Å². The second kappa shape index (κ2) is 4.40. The van der Waals surface area contributed by atoms with E-state index >= 15 is 0 Å². The molecule has 2 heterocycles. The Morgan fingerprint density at radius 2 is 2.27 bits per heavy atom. The van der Waals surface area contributed by atoms with Crippen molar-refractivity contribution in [3.8, 4) is 0 Å². The minimum absolute atomic E-state index is 0.0859. The van der Waals surface area contributed by atoms with E-state index in [2.05, 4.69) is 20.6 Å². The first kappa shape index (κ1) is 10.1. The summed E-state index contributed by atoms with van der Waals surface area (Å²) < 4.78 is 0. The summed E-state index contributed by atoms with van der Waals surface area (Å²) in [6.45, 7) is 0.890. The SMILES string of the molecule is [B]c1cnc(NC(=O)[C@@H]2CCCN2)nc1. The Balaban J connectivity index is 1.96. The van der Waals surface area contributed by atoms with Gasteiger partial charge >= 0.3 is 0 Å². The summed E-state index contributed by atoms with van der Waals surface area (Å²) in [6, 6.07) is -0.119. The maximum atomic E-state index is 11.6. The smallest absolute Gasteiger partial charge is 0.243 e. The third-order valence-corrected chi connectivity index (χ3v) is 2.28. The average molecular weight is 202 g/mol. The minimum Gasteiger partial charge on any atom is -0.306 e. The third-order valence-electron chi connectivity index (χ3n) is 2.28. The number of hydrogen-bond acceptors (Lipinski definition) is 4. The summed E-state index contributed by atoms with van der Waals surface area (Å²) in [7, 11) is 5.43. The van der Waals surface area contributed by atoms with Crippen molar-refractivity contribution in [3.05, 3.63) is 12.4 Å². The van der Waals surface area contributed by atoms with Crippen LogP contribution in [-0.2, 0) is 4.79 Å². The molecule has 2 radical (unpaired) electrons. The largest absolute Gasteiger partial charge is 0.306 e. The fourth-order valence-corrected chi connectivity index (χ4v) is 1.51. The van der Waals surface area contributed by atoms with Crippen molar-refractivity contribution in [2.45, 2.75) is 18.9 Å². The fraction of sp³-hybridized carbons (Fsp3) is 0.444. The van der Waals surface area contributed by atoms with Gasteiger partial charge in [0.05, 0.1) is 6.04 Å². The molecule has 1 fully saturated rings. The lowest BCUT2D eigenvalue weighted by Crippen LogP contribution is -2.36. The van der Waals surface area contributed by atoms with E-state index in [0.717, 1.165) is 19.4 Å². The Morgan fingerprint density at radius 1 is 1.53 bits per heavy atom. The van der Waals surface area contributed by atoms with Gasteiger partial charge in [0.25, 0.3) is 0 Å². The van der Waals surface area contributed by atoms with Gasteiger partial charge < -0.3 is 5.32 Å². The van der Waals surface area contributed by atoms with Gasteiger partial charge in [-0.25, -0.2) is 9.97 Å². The monoisotopic (exact) mass is 202 g/mol. The summed E-state index contributed by atoms with van der Waals surface area (Å²) >= 11 is 0. The molecular weight excluding hydrogens is 191 g/mol. The number of nitrogens with zero attached hydrogens (tertiary/aromatic N) is 2. The van der Waals surface area contributed by atoms with E-state index in [1.54, 1.807) is 0 Å². The number of aromatic nitrogens is 2. The zero-order valence-electron chi connectivity index (χ0n) is 8.23. The van der Waals surface area contributed by atoms with E-state index in [4.69, 9.17) is 7.85 Å². The average Bonchev–Trinajstić information content (AvgIpc) is 2.74. The zero-order valence-corrected chi connectivity index (χ0v) is 8.23. The number of carbonyl (C=O) groups is 1. The molecule has 6 heteroatoms. The van der Waals surface area contributed by atoms with Crippen LogP contribution in [0.4, 0.5) is 5.95 Å². The molecule has 0 aliphatic carbocycles. The lowest BCUT2D eigenvalue weighted by molar-refractivity contribution is -0.117. The van der Waals surface area contributed by atoms with E-state index in [-0.39, 0.29) is 11.9 Å². The summed E-state index contributed by atoms with van der Waals surface area (Å²) in [6.07, 6.45) is 4.82. The highest BCUT2D eigenvalue weighted by atomic mass is 16.2. The number of amides is 1. The number of anilines is 1. The Hall–Kier alpha value is -1.43. The predicted molar refractivity (Wildman–Crippen MR) is 57.1 cm³/mol. The van der Waals surface area contributed by atoms with Gasteiger partial charge in [0.1, 0.15) is 7.85 Å². The number of carbonyl (C=O) groups excluding carboxylic acids is 1. The summed E-state index contributed by atoms with van der Waals surface area (Å²) in [5, 5.41) is 5.73. The number of rotatable bonds is 2. The highest BCUT2D eigenvalue weighted by molar-refractivity contribution is 6.31. The molecule has 1 atom stereocenters. The lowest BCUT2D eigenvalue weighted by atomic mass is 10.0. The third kappa shape index (κ3) is 2.53. The molecule has 1 aromatic rings. The van der Waals surface area contributed by atoms with E-state index in [1.807, 2.05) is 0 Å². The van der Waals surface area contributed by atoms with Gasteiger partial charge in [0.2, 0.25) is 11.9 Å². The molecule has 1 saturated heterocycles. The first-order chi connectivity index (χ1) is 7.25. The van der Waals surface area contributed by atoms with Crippen molar-refractivity contribution >= 4 is 25.2 Å². The molecule has 1 amide bonds. The van der Waals surface area contributed by atoms with Gasteiger partial charge in [-0.05, 0) is 19.4 Å². The van der Waals surface area contributed by atoms with Gasteiger partial charge in [0.15, 0.2) is 0 Å². The molecule has 1 aliphatic rings. The molecule has 2 N–H and O–H groups in total. The molecule has 0 bridgehead atoms. The molecule has 0 aromatic carbocycles. The van der Waals surface area contributed by atoms with Crippen LogP contribution < -0.4 is 16.1 Å². The van der Waals surface area contributed by atoms with Crippen molar-refractivity contribution < 1.29 is 4.79 Å². The van der Waals surface area contributed by atoms with E-state index in [9.17, 15) is 4.79 Å². The fourth-order valence-electron chi connectivity index (χ4n) is 1.51. The topological polar surface area (TPSA) is 66.9 Å². The van der Waals surface area contributed by atoms with Crippen LogP contribution in [0.2, 0.25) is 0 Å². The Morgan fingerprint density at radius 3 is 2.87 bits per heavy atom. The first-order valence-electron chi connectivity index (χ1n) is 4.87. The molecular formula is C9H11BN4O. The van der Waals surface area contributed by atoms with Crippen molar-refractivity contribution in [3.63, 3.8) is 0 Å². The first-order valence-corrected chi connectivity index (χ1v) is 4.87. The number of nitrogens with one attached hydrogen (secondary N) is 2. The van der Waals surface area contributed by atoms with Gasteiger partial charge in [0, 0.05) is 12.4 Å². The van der Waals surface area contributed by atoms with Gasteiger partial charge in [-0.1, -0.05) is 5.46 Å². The molecule has 15 heavy (non-hydrogen) atoms. The maximum absolute atomic E-state index is 11.6. The van der Waals surface area contributed by atoms with Crippen LogP contribution in [0.15, 0.2) is 12.4 Å². The summed E-state index contributed by atoms with van der Waals surface area (Å²) in [5.74, 6) is 0.208. The molecule has 2 rings (SSSR count). The molecule has 76 valence electrons. The molecule has 5 nitrogen and oxygen atoms in total. The van der Waals surface area contributed by atoms with Crippen LogP contribution in [0.25, 0.3) is 0 Å². The summed E-state index contributed by atoms with van der Waals surface area (Å²) in [4.78, 5) is 19.4.